The summed E-state index contributed by atoms with van der Waals surface area (Å²) in [6, 6.07) is 7.99. The van der Waals surface area contributed by atoms with Crippen molar-refractivity contribution in [2.24, 2.45) is 0 Å². The lowest BCUT2D eigenvalue weighted by molar-refractivity contribution is -0.135. The number of rotatable bonds is 3. The van der Waals surface area contributed by atoms with Gasteiger partial charge in [0, 0.05) is 20.2 Å². The normalized spacial score (nSPS) is 28.9. The Kier molecular flexibility index (Phi) is 4.00. The first kappa shape index (κ1) is 13.5. The quantitative estimate of drug-likeness (QED) is 0.839. The summed E-state index contributed by atoms with van der Waals surface area (Å²) in [6.45, 7) is 2.09. The summed E-state index contributed by atoms with van der Waals surface area (Å²) in [4.78, 5) is 12.5. The maximum absolute atomic E-state index is 12.5. The van der Waals surface area contributed by atoms with Crippen molar-refractivity contribution >= 4 is 5.91 Å². The van der Waals surface area contributed by atoms with E-state index in [-0.39, 0.29) is 18.1 Å². The van der Waals surface area contributed by atoms with Gasteiger partial charge in [0.25, 0.3) is 5.91 Å². The highest BCUT2D eigenvalue weighted by Crippen LogP contribution is 2.27. The van der Waals surface area contributed by atoms with Crippen LogP contribution in [0.5, 0.6) is 0 Å². The molecule has 0 spiro atoms. The average molecular weight is 276 g/mol. The first-order chi connectivity index (χ1) is 9.79. The van der Waals surface area contributed by atoms with Crippen molar-refractivity contribution in [1.29, 1.82) is 0 Å². The number of amides is 1. The number of nitrogens with one attached hydrogen (secondary N) is 2. The second kappa shape index (κ2) is 5.91. The summed E-state index contributed by atoms with van der Waals surface area (Å²) < 4.78 is 11.0. The first-order valence-electron chi connectivity index (χ1n) is 7.03. The van der Waals surface area contributed by atoms with E-state index in [9.17, 15) is 4.79 Å². The number of hydrogen-bond acceptors (Lipinski definition) is 4. The Morgan fingerprint density at radius 1 is 1.40 bits per heavy atom. The van der Waals surface area contributed by atoms with Gasteiger partial charge in [0.2, 0.25) is 0 Å². The van der Waals surface area contributed by atoms with Gasteiger partial charge in [-0.3, -0.25) is 4.79 Å². The molecule has 1 aromatic rings. The number of benzene rings is 1. The van der Waals surface area contributed by atoms with Crippen LogP contribution in [0.4, 0.5) is 0 Å². The summed E-state index contributed by atoms with van der Waals surface area (Å²) in [5.41, 5.74) is 2.18. The molecule has 1 saturated heterocycles. The lowest BCUT2D eigenvalue weighted by Gasteiger charge is -2.27. The van der Waals surface area contributed by atoms with Crippen LogP contribution >= 0.6 is 0 Å². The van der Waals surface area contributed by atoms with E-state index in [2.05, 4.69) is 16.7 Å². The largest absolute Gasteiger partial charge is 0.378 e. The van der Waals surface area contributed by atoms with Gasteiger partial charge >= 0.3 is 0 Å². The van der Waals surface area contributed by atoms with Crippen molar-refractivity contribution in [3.05, 3.63) is 35.4 Å². The smallest absolute Gasteiger partial charge is 0.254 e. The minimum Gasteiger partial charge on any atom is -0.378 e. The van der Waals surface area contributed by atoms with Crippen molar-refractivity contribution in [2.45, 2.75) is 24.7 Å². The molecule has 1 amide bonds. The summed E-state index contributed by atoms with van der Waals surface area (Å²) in [6.07, 6.45) is 0.391. The van der Waals surface area contributed by atoms with Gasteiger partial charge in [-0.1, -0.05) is 24.3 Å². The van der Waals surface area contributed by atoms with Crippen LogP contribution in [0.2, 0.25) is 0 Å². The van der Waals surface area contributed by atoms with Gasteiger partial charge < -0.3 is 20.1 Å². The molecule has 0 aliphatic carbocycles. The zero-order valence-corrected chi connectivity index (χ0v) is 11.6. The van der Waals surface area contributed by atoms with E-state index >= 15 is 0 Å². The van der Waals surface area contributed by atoms with Crippen molar-refractivity contribution in [3.63, 3.8) is 0 Å². The third-order valence-corrected chi connectivity index (χ3v) is 4.02. The Morgan fingerprint density at radius 2 is 2.25 bits per heavy atom. The van der Waals surface area contributed by atoms with Gasteiger partial charge in [-0.2, -0.15) is 0 Å². The first-order valence-corrected chi connectivity index (χ1v) is 7.03. The number of fused-ring (bicyclic) bond motifs is 1. The fourth-order valence-electron chi connectivity index (χ4n) is 2.92. The van der Waals surface area contributed by atoms with Crippen LogP contribution in [0.25, 0.3) is 0 Å². The fraction of sp³-hybridized carbons (Fsp3) is 0.533. The summed E-state index contributed by atoms with van der Waals surface area (Å²) in [5.74, 6) is -0.0760. The standard InChI is InChI=1S/C15H20N2O3/c1-19-13-9-16-8-12(13)17-15(18)14-11-5-3-2-4-10(11)6-7-20-14/h2-5,12-14,16H,6-9H2,1H3,(H,17,18)/t12?,13-,14?/m0/s1. The molecular weight excluding hydrogens is 256 g/mol. The van der Waals surface area contributed by atoms with E-state index in [4.69, 9.17) is 9.47 Å². The molecule has 2 aliphatic rings. The van der Waals surface area contributed by atoms with Crippen LogP contribution in [-0.2, 0) is 20.7 Å². The zero-order chi connectivity index (χ0) is 13.9. The summed E-state index contributed by atoms with van der Waals surface area (Å²) in [5, 5.41) is 6.26. The number of carbonyl (C=O) groups is 1. The molecule has 108 valence electrons. The summed E-state index contributed by atoms with van der Waals surface area (Å²) in [7, 11) is 1.67. The van der Waals surface area contributed by atoms with Crippen LogP contribution in [-0.4, -0.2) is 44.9 Å². The predicted octanol–water partition coefficient (Wildman–Crippen LogP) is 0.403. The van der Waals surface area contributed by atoms with Crippen LogP contribution in [0, 0.1) is 0 Å². The van der Waals surface area contributed by atoms with Gasteiger partial charge in [0.05, 0.1) is 18.8 Å². The molecule has 2 aliphatic heterocycles. The van der Waals surface area contributed by atoms with Gasteiger partial charge in [-0.15, -0.1) is 0 Å². The predicted molar refractivity (Wildman–Crippen MR) is 74.4 cm³/mol. The molecule has 5 heteroatoms. The Labute approximate surface area is 118 Å². The maximum atomic E-state index is 12.5. The van der Waals surface area contributed by atoms with Gasteiger partial charge in [-0.05, 0) is 17.5 Å². The van der Waals surface area contributed by atoms with E-state index in [0.29, 0.717) is 6.61 Å². The van der Waals surface area contributed by atoms with E-state index < -0.39 is 6.10 Å². The molecule has 2 heterocycles. The van der Waals surface area contributed by atoms with E-state index in [1.165, 1.54) is 5.56 Å². The molecule has 0 saturated carbocycles. The third kappa shape index (κ3) is 2.57. The van der Waals surface area contributed by atoms with Crippen molar-refractivity contribution < 1.29 is 14.3 Å². The molecule has 3 atom stereocenters. The average Bonchev–Trinajstić information content (AvgIpc) is 2.93. The Hall–Kier alpha value is -1.43. The highest BCUT2D eigenvalue weighted by molar-refractivity contribution is 5.83. The van der Waals surface area contributed by atoms with E-state index in [1.807, 2.05) is 18.2 Å². The lowest BCUT2D eigenvalue weighted by Crippen LogP contribution is -2.46. The second-order valence-electron chi connectivity index (χ2n) is 5.25. The minimum atomic E-state index is -0.502. The molecule has 2 unspecified atom stereocenters. The molecule has 0 bridgehead atoms. The molecular formula is C15H20N2O3. The lowest BCUT2D eigenvalue weighted by atomic mass is 9.97. The van der Waals surface area contributed by atoms with Crippen LogP contribution in [0.3, 0.4) is 0 Å². The van der Waals surface area contributed by atoms with Gasteiger partial charge in [-0.25, -0.2) is 0 Å². The molecule has 2 N–H and O–H groups in total. The molecule has 20 heavy (non-hydrogen) atoms. The van der Waals surface area contributed by atoms with E-state index in [0.717, 1.165) is 25.1 Å². The Morgan fingerprint density at radius 3 is 3.10 bits per heavy atom. The topological polar surface area (TPSA) is 59.6 Å². The van der Waals surface area contributed by atoms with Crippen molar-refractivity contribution in [1.82, 2.24) is 10.6 Å². The van der Waals surface area contributed by atoms with Gasteiger partial charge in [0.1, 0.15) is 0 Å². The van der Waals surface area contributed by atoms with Gasteiger partial charge in [0.15, 0.2) is 6.10 Å². The van der Waals surface area contributed by atoms with Crippen molar-refractivity contribution in [2.75, 3.05) is 26.8 Å². The van der Waals surface area contributed by atoms with Crippen molar-refractivity contribution in [3.8, 4) is 0 Å². The fourth-order valence-corrected chi connectivity index (χ4v) is 2.92. The Balaban J connectivity index is 1.72. The molecule has 5 nitrogen and oxygen atoms in total. The van der Waals surface area contributed by atoms with Crippen LogP contribution in [0.1, 0.15) is 17.2 Å². The molecule has 1 aromatic carbocycles. The molecule has 0 aromatic heterocycles. The summed E-state index contributed by atoms with van der Waals surface area (Å²) >= 11 is 0. The number of carbonyl (C=O) groups excluding carboxylic acids is 1. The zero-order valence-electron chi connectivity index (χ0n) is 11.6. The second-order valence-corrected chi connectivity index (χ2v) is 5.25. The monoisotopic (exact) mass is 276 g/mol. The number of hydrogen-bond donors (Lipinski definition) is 2. The maximum Gasteiger partial charge on any atom is 0.254 e. The van der Waals surface area contributed by atoms with Crippen LogP contribution < -0.4 is 10.6 Å². The Bertz CT molecular complexity index is 492. The molecule has 0 radical (unpaired) electrons. The number of ether oxygens (including phenoxy) is 2. The minimum absolute atomic E-state index is 0.00480. The van der Waals surface area contributed by atoms with E-state index in [1.54, 1.807) is 7.11 Å². The molecule has 3 rings (SSSR count). The van der Waals surface area contributed by atoms with Crippen LogP contribution in [0.15, 0.2) is 24.3 Å². The number of methoxy groups -OCH3 is 1. The highest BCUT2D eigenvalue weighted by atomic mass is 16.5. The third-order valence-electron chi connectivity index (χ3n) is 4.02. The highest BCUT2D eigenvalue weighted by Gasteiger charge is 2.33. The molecule has 1 fully saturated rings. The SMILES string of the molecule is CO[C@H]1CNCC1NC(=O)C1OCCc2ccccc21.